The molecule has 0 aliphatic rings. The number of para-hydroxylation sites is 1. The first-order valence-corrected chi connectivity index (χ1v) is 11.1. The molecule has 0 fully saturated rings. The molecule has 1 amide bonds. The number of ketones is 2. The van der Waals surface area contributed by atoms with Crippen LogP contribution in [-0.2, 0) is 16.0 Å². The predicted octanol–water partition coefficient (Wildman–Crippen LogP) is 3.38. The lowest BCUT2D eigenvalue weighted by atomic mass is 9.88. The van der Waals surface area contributed by atoms with Crippen LogP contribution in [0, 0.1) is 11.8 Å². The molecule has 2 heterocycles. The molecule has 0 aliphatic carbocycles. The van der Waals surface area contributed by atoms with Crippen LogP contribution in [0.5, 0.6) is 0 Å². The number of amides is 1. The summed E-state index contributed by atoms with van der Waals surface area (Å²) in [6, 6.07) is 10.7. The maximum Gasteiger partial charge on any atom is 0.220 e. The third kappa shape index (κ3) is 6.17. The van der Waals surface area contributed by atoms with Gasteiger partial charge in [0.05, 0.1) is 18.3 Å². The Balaban J connectivity index is 1.68. The van der Waals surface area contributed by atoms with Crippen LogP contribution in [0.2, 0.25) is 0 Å². The fourth-order valence-electron chi connectivity index (χ4n) is 4.20. The number of H-pyrrole nitrogens is 2. The van der Waals surface area contributed by atoms with Gasteiger partial charge in [0.2, 0.25) is 5.91 Å². The molecule has 7 heteroatoms. The normalized spacial score (nSPS) is 13.2. The molecule has 2 aromatic heterocycles. The standard InChI is InChI=1S/C25H32N4O3/c1-16(2)10-17(11-23(30)21-8-5-9-27-21)12-25(32)29-22(24(31)14-26)13-18-15-28-20-7-4-3-6-19(18)20/h3-9,15-17,22,27-28H,10-14,26H2,1-2H3,(H,29,32)/t17-,22+/m1/s1. The molecule has 3 aromatic rings. The Labute approximate surface area is 188 Å². The monoisotopic (exact) mass is 436 g/mol. The fourth-order valence-corrected chi connectivity index (χ4v) is 4.20. The van der Waals surface area contributed by atoms with Crippen molar-refractivity contribution in [3.63, 3.8) is 0 Å². The van der Waals surface area contributed by atoms with Crippen LogP contribution in [-0.4, -0.2) is 40.0 Å². The second-order valence-electron chi connectivity index (χ2n) is 8.76. The second-order valence-corrected chi connectivity index (χ2v) is 8.76. The zero-order chi connectivity index (χ0) is 23.1. The lowest BCUT2D eigenvalue weighted by molar-refractivity contribution is -0.127. The minimum Gasteiger partial charge on any atom is -0.361 e. The predicted molar refractivity (Wildman–Crippen MR) is 125 cm³/mol. The molecule has 0 aliphatic heterocycles. The van der Waals surface area contributed by atoms with Crippen molar-refractivity contribution in [2.75, 3.05) is 6.54 Å². The summed E-state index contributed by atoms with van der Waals surface area (Å²) in [6.07, 6.45) is 5.16. The van der Waals surface area contributed by atoms with Gasteiger partial charge in [-0.25, -0.2) is 0 Å². The second kappa shape index (κ2) is 10.9. The molecule has 1 aromatic carbocycles. The van der Waals surface area contributed by atoms with Crippen LogP contribution in [0.3, 0.4) is 0 Å². The highest BCUT2D eigenvalue weighted by atomic mass is 16.2. The summed E-state index contributed by atoms with van der Waals surface area (Å²) < 4.78 is 0. The maximum atomic E-state index is 12.9. The summed E-state index contributed by atoms with van der Waals surface area (Å²) in [5.41, 5.74) is 8.10. The molecule has 170 valence electrons. The van der Waals surface area contributed by atoms with Crippen LogP contribution in [0.4, 0.5) is 0 Å². The smallest absolute Gasteiger partial charge is 0.220 e. The van der Waals surface area contributed by atoms with E-state index in [1.165, 1.54) is 0 Å². The lowest BCUT2D eigenvalue weighted by Gasteiger charge is -2.21. The molecule has 2 atom stereocenters. The highest BCUT2D eigenvalue weighted by Gasteiger charge is 2.25. The first kappa shape index (κ1) is 23.5. The van der Waals surface area contributed by atoms with E-state index in [9.17, 15) is 14.4 Å². The maximum absolute atomic E-state index is 12.9. The SMILES string of the molecule is CC(C)C[C@@H](CC(=O)N[C@@H](Cc1c[nH]c2ccccc12)C(=O)CN)CC(=O)c1ccc[nH]1. The summed E-state index contributed by atoms with van der Waals surface area (Å²) in [5, 5.41) is 3.90. The summed E-state index contributed by atoms with van der Waals surface area (Å²) >= 11 is 0. The number of carbonyl (C=O) groups is 3. The van der Waals surface area contributed by atoms with Crippen molar-refractivity contribution in [3.8, 4) is 0 Å². The quantitative estimate of drug-likeness (QED) is 0.325. The minimum atomic E-state index is -0.703. The van der Waals surface area contributed by atoms with Gasteiger partial charge in [-0.05, 0) is 42.0 Å². The molecule has 32 heavy (non-hydrogen) atoms. The van der Waals surface area contributed by atoms with Crippen molar-refractivity contribution < 1.29 is 14.4 Å². The van der Waals surface area contributed by atoms with Gasteiger partial charge >= 0.3 is 0 Å². The molecular weight excluding hydrogens is 404 g/mol. The van der Waals surface area contributed by atoms with E-state index in [1.54, 1.807) is 18.3 Å². The summed E-state index contributed by atoms with van der Waals surface area (Å²) in [5.74, 6) is -0.223. The number of carbonyl (C=O) groups excluding carboxylic acids is 3. The van der Waals surface area contributed by atoms with Crippen molar-refractivity contribution in [1.29, 1.82) is 0 Å². The van der Waals surface area contributed by atoms with E-state index in [-0.39, 0.29) is 42.8 Å². The Morgan fingerprint density at radius 2 is 1.81 bits per heavy atom. The number of fused-ring (bicyclic) bond motifs is 1. The molecule has 0 bridgehead atoms. The van der Waals surface area contributed by atoms with Gasteiger partial charge in [0.15, 0.2) is 11.6 Å². The van der Waals surface area contributed by atoms with Crippen molar-refractivity contribution >= 4 is 28.4 Å². The third-order valence-electron chi connectivity index (χ3n) is 5.68. The number of hydrogen-bond donors (Lipinski definition) is 4. The highest BCUT2D eigenvalue weighted by Crippen LogP contribution is 2.22. The van der Waals surface area contributed by atoms with Gasteiger partial charge in [-0.1, -0.05) is 32.0 Å². The van der Waals surface area contributed by atoms with E-state index >= 15 is 0 Å². The fraction of sp³-hybridized carbons (Fsp3) is 0.400. The number of benzene rings is 1. The van der Waals surface area contributed by atoms with Crippen molar-refractivity contribution in [1.82, 2.24) is 15.3 Å². The molecule has 3 rings (SSSR count). The van der Waals surface area contributed by atoms with Crippen molar-refractivity contribution in [2.24, 2.45) is 17.6 Å². The van der Waals surface area contributed by atoms with Crippen molar-refractivity contribution in [2.45, 2.75) is 45.6 Å². The van der Waals surface area contributed by atoms with Crippen LogP contribution in [0.1, 0.15) is 49.2 Å². The number of rotatable bonds is 12. The summed E-state index contributed by atoms with van der Waals surface area (Å²) in [7, 11) is 0. The van der Waals surface area contributed by atoms with Gasteiger partial charge in [0.1, 0.15) is 0 Å². The molecule has 0 saturated carbocycles. The molecule has 7 nitrogen and oxygen atoms in total. The molecule has 0 radical (unpaired) electrons. The van der Waals surface area contributed by atoms with Gasteiger partial charge in [-0.15, -0.1) is 0 Å². The number of aromatic nitrogens is 2. The highest BCUT2D eigenvalue weighted by molar-refractivity contribution is 5.95. The molecule has 0 spiro atoms. The summed E-state index contributed by atoms with van der Waals surface area (Å²) in [6.45, 7) is 4.00. The first-order valence-electron chi connectivity index (χ1n) is 11.1. The Morgan fingerprint density at radius 3 is 2.50 bits per heavy atom. The first-order chi connectivity index (χ1) is 15.4. The molecular formula is C25H32N4O3. The van der Waals surface area contributed by atoms with E-state index in [2.05, 4.69) is 29.1 Å². The largest absolute Gasteiger partial charge is 0.361 e. The van der Waals surface area contributed by atoms with E-state index < -0.39 is 6.04 Å². The number of hydrogen-bond acceptors (Lipinski definition) is 4. The Bertz CT molecular complexity index is 1050. The Hall–Kier alpha value is -3.19. The van der Waals surface area contributed by atoms with Gasteiger partial charge in [-0.2, -0.15) is 0 Å². The Morgan fingerprint density at radius 1 is 1.03 bits per heavy atom. The van der Waals surface area contributed by atoms with Gasteiger partial charge in [-0.3, -0.25) is 14.4 Å². The average Bonchev–Trinajstić information content (AvgIpc) is 3.43. The van der Waals surface area contributed by atoms with Crippen LogP contribution in [0.25, 0.3) is 10.9 Å². The zero-order valence-electron chi connectivity index (χ0n) is 18.7. The Kier molecular flexibility index (Phi) is 8.00. The van der Waals surface area contributed by atoms with Gasteiger partial charge in [0, 0.05) is 42.6 Å². The molecule has 0 unspecified atom stereocenters. The number of Topliss-reactive ketones (excluding diaryl/α,β-unsaturated/α-hetero) is 2. The van der Waals surface area contributed by atoms with Gasteiger partial charge < -0.3 is 21.0 Å². The van der Waals surface area contributed by atoms with E-state index in [4.69, 9.17) is 5.73 Å². The molecule has 5 N–H and O–H groups in total. The van der Waals surface area contributed by atoms with E-state index in [1.807, 2.05) is 30.5 Å². The topological polar surface area (TPSA) is 121 Å². The van der Waals surface area contributed by atoms with Crippen LogP contribution >= 0.6 is 0 Å². The number of nitrogens with one attached hydrogen (secondary N) is 3. The minimum absolute atomic E-state index is 0.0122. The van der Waals surface area contributed by atoms with E-state index in [0.717, 1.165) is 22.9 Å². The average molecular weight is 437 g/mol. The van der Waals surface area contributed by atoms with E-state index in [0.29, 0.717) is 18.0 Å². The van der Waals surface area contributed by atoms with Crippen molar-refractivity contribution in [3.05, 3.63) is 60.0 Å². The third-order valence-corrected chi connectivity index (χ3v) is 5.68. The van der Waals surface area contributed by atoms with Crippen LogP contribution in [0.15, 0.2) is 48.8 Å². The number of nitrogens with two attached hydrogens (primary N) is 1. The zero-order valence-corrected chi connectivity index (χ0v) is 18.7. The van der Waals surface area contributed by atoms with Crippen LogP contribution < -0.4 is 11.1 Å². The van der Waals surface area contributed by atoms with Gasteiger partial charge in [0.25, 0.3) is 0 Å². The molecule has 0 saturated heterocycles. The summed E-state index contributed by atoms with van der Waals surface area (Å²) in [4.78, 5) is 44.1. The number of aromatic amines is 2. The lowest BCUT2D eigenvalue weighted by Crippen LogP contribution is -2.45.